The highest BCUT2D eigenvalue weighted by molar-refractivity contribution is 8.01. The predicted molar refractivity (Wildman–Crippen MR) is 64.2 cm³/mol. The topological polar surface area (TPSA) is 78.7 Å². The van der Waals surface area contributed by atoms with Crippen molar-refractivity contribution >= 4 is 34.1 Å². The number of hydrogen-bond donors (Lipinski definition) is 1. The largest absolute Gasteiger partial charge is 0.299 e. The van der Waals surface area contributed by atoms with Crippen LogP contribution in [0.15, 0.2) is 17.0 Å². The van der Waals surface area contributed by atoms with E-state index in [0.29, 0.717) is 5.13 Å². The molecule has 1 unspecified atom stereocenters. The molecule has 0 bridgehead atoms. The van der Waals surface area contributed by atoms with Gasteiger partial charge < -0.3 is 0 Å². The quantitative estimate of drug-likeness (QED) is 0.493. The Morgan fingerprint density at radius 3 is 3.19 bits per heavy atom. The van der Waals surface area contributed by atoms with Crippen LogP contribution < -0.4 is 5.32 Å². The van der Waals surface area contributed by atoms with Crippen LogP contribution in [-0.2, 0) is 4.79 Å². The summed E-state index contributed by atoms with van der Waals surface area (Å²) in [6, 6.07) is 1.85. The molecule has 1 aromatic rings. The molecule has 0 saturated heterocycles. The third kappa shape index (κ3) is 3.64. The van der Waals surface area contributed by atoms with Gasteiger partial charge in [0, 0.05) is 5.75 Å². The van der Waals surface area contributed by atoms with E-state index in [1.54, 1.807) is 6.08 Å². The Balaban J connectivity index is 2.55. The van der Waals surface area contributed by atoms with Gasteiger partial charge in [0.05, 0.1) is 6.07 Å². The standard InChI is InChI=1S/C9H10N4OS2/c1-3-4-15-9-13-12-8(16-9)11-7(14)6(2)5-10/h3,6H,1,4H2,2H3,(H,11,12,14). The summed E-state index contributed by atoms with van der Waals surface area (Å²) in [5, 5.41) is 19.2. The SMILES string of the molecule is C=CCSc1nnc(NC(=O)C(C)C#N)s1. The number of nitriles is 1. The molecular weight excluding hydrogens is 244 g/mol. The number of rotatable bonds is 5. The fourth-order valence-corrected chi connectivity index (χ4v) is 2.24. The first kappa shape index (κ1) is 12.7. The molecular formula is C9H10N4OS2. The van der Waals surface area contributed by atoms with Crippen molar-refractivity contribution in [3.05, 3.63) is 12.7 Å². The minimum absolute atomic E-state index is 0.362. The van der Waals surface area contributed by atoms with Crippen LogP contribution in [0.5, 0.6) is 0 Å². The van der Waals surface area contributed by atoms with Gasteiger partial charge in [0.1, 0.15) is 5.92 Å². The van der Waals surface area contributed by atoms with Gasteiger partial charge in [-0.3, -0.25) is 10.1 Å². The van der Waals surface area contributed by atoms with Gasteiger partial charge in [0.15, 0.2) is 4.34 Å². The van der Waals surface area contributed by atoms with E-state index < -0.39 is 5.92 Å². The van der Waals surface area contributed by atoms with Gasteiger partial charge in [-0.15, -0.1) is 16.8 Å². The van der Waals surface area contributed by atoms with Crippen molar-refractivity contribution in [1.82, 2.24) is 10.2 Å². The predicted octanol–water partition coefficient (Wildman–Crippen LogP) is 1.91. The van der Waals surface area contributed by atoms with Crippen LogP contribution in [0.1, 0.15) is 6.92 Å². The zero-order chi connectivity index (χ0) is 12.0. The maximum atomic E-state index is 11.3. The maximum absolute atomic E-state index is 11.3. The van der Waals surface area contributed by atoms with Crippen LogP contribution in [0.3, 0.4) is 0 Å². The van der Waals surface area contributed by atoms with Crippen LogP contribution in [-0.4, -0.2) is 21.9 Å². The number of aromatic nitrogens is 2. The highest BCUT2D eigenvalue weighted by Gasteiger charge is 2.14. The van der Waals surface area contributed by atoms with Crippen molar-refractivity contribution < 1.29 is 4.79 Å². The molecule has 0 radical (unpaired) electrons. The van der Waals surface area contributed by atoms with Crippen molar-refractivity contribution in [1.29, 1.82) is 5.26 Å². The van der Waals surface area contributed by atoms with E-state index in [4.69, 9.17) is 5.26 Å². The number of thioether (sulfide) groups is 1. The van der Waals surface area contributed by atoms with Crippen LogP contribution in [0.25, 0.3) is 0 Å². The van der Waals surface area contributed by atoms with E-state index in [0.717, 1.165) is 10.1 Å². The summed E-state index contributed by atoms with van der Waals surface area (Å²) in [7, 11) is 0. The average molecular weight is 254 g/mol. The highest BCUT2D eigenvalue weighted by Crippen LogP contribution is 2.25. The molecule has 16 heavy (non-hydrogen) atoms. The monoisotopic (exact) mass is 254 g/mol. The number of hydrogen-bond acceptors (Lipinski definition) is 6. The van der Waals surface area contributed by atoms with Crippen LogP contribution >= 0.6 is 23.1 Å². The van der Waals surface area contributed by atoms with Crippen molar-refractivity contribution in [2.45, 2.75) is 11.3 Å². The Morgan fingerprint density at radius 1 is 1.81 bits per heavy atom. The molecule has 7 heteroatoms. The fourth-order valence-electron chi connectivity index (χ4n) is 0.721. The highest BCUT2D eigenvalue weighted by atomic mass is 32.2. The molecule has 84 valence electrons. The Labute approximate surface area is 102 Å². The van der Waals surface area contributed by atoms with E-state index in [1.807, 2.05) is 6.07 Å². The second-order valence-electron chi connectivity index (χ2n) is 2.81. The zero-order valence-corrected chi connectivity index (χ0v) is 10.3. The second kappa shape index (κ2) is 6.25. The summed E-state index contributed by atoms with van der Waals surface area (Å²) in [6.07, 6.45) is 1.77. The smallest absolute Gasteiger partial charge is 0.243 e. The van der Waals surface area contributed by atoms with Gasteiger partial charge in [-0.25, -0.2) is 0 Å². The molecule has 1 rings (SSSR count). The maximum Gasteiger partial charge on any atom is 0.243 e. The van der Waals surface area contributed by atoms with Crippen molar-refractivity contribution in [2.75, 3.05) is 11.1 Å². The summed E-state index contributed by atoms with van der Waals surface area (Å²) < 4.78 is 0.764. The van der Waals surface area contributed by atoms with Crippen molar-refractivity contribution in [3.8, 4) is 6.07 Å². The van der Waals surface area contributed by atoms with Gasteiger partial charge in [0.25, 0.3) is 0 Å². The van der Waals surface area contributed by atoms with E-state index in [9.17, 15) is 4.79 Å². The third-order valence-corrected chi connectivity index (χ3v) is 3.52. The molecule has 0 aliphatic rings. The molecule has 1 amide bonds. The number of anilines is 1. The lowest BCUT2D eigenvalue weighted by Crippen LogP contribution is -2.18. The number of nitrogens with one attached hydrogen (secondary N) is 1. The number of nitrogens with zero attached hydrogens (tertiary/aromatic N) is 3. The van der Waals surface area contributed by atoms with Crippen LogP contribution in [0, 0.1) is 17.2 Å². The Hall–Kier alpha value is -1.39. The number of carbonyl (C=O) groups is 1. The molecule has 5 nitrogen and oxygen atoms in total. The summed E-state index contributed by atoms with van der Waals surface area (Å²) >= 11 is 2.77. The first-order chi connectivity index (χ1) is 7.67. The first-order valence-corrected chi connectivity index (χ1v) is 6.25. The van der Waals surface area contributed by atoms with Gasteiger partial charge in [-0.1, -0.05) is 29.2 Å². The molecule has 1 N–H and O–H groups in total. The lowest BCUT2D eigenvalue weighted by Gasteiger charge is -2.00. The van der Waals surface area contributed by atoms with E-state index >= 15 is 0 Å². The van der Waals surface area contributed by atoms with E-state index in [1.165, 1.54) is 30.0 Å². The molecule has 0 saturated carbocycles. The van der Waals surface area contributed by atoms with Gasteiger partial charge in [-0.2, -0.15) is 5.26 Å². The first-order valence-electron chi connectivity index (χ1n) is 4.45. The minimum Gasteiger partial charge on any atom is -0.299 e. The van der Waals surface area contributed by atoms with Gasteiger partial charge in [0.2, 0.25) is 11.0 Å². The normalized spacial score (nSPS) is 11.5. The zero-order valence-electron chi connectivity index (χ0n) is 8.64. The van der Waals surface area contributed by atoms with Crippen molar-refractivity contribution in [2.24, 2.45) is 5.92 Å². The number of carbonyl (C=O) groups excluding carboxylic acids is 1. The summed E-state index contributed by atoms with van der Waals surface area (Å²) in [5.74, 6) is -0.302. The van der Waals surface area contributed by atoms with Crippen LogP contribution in [0.2, 0.25) is 0 Å². The molecule has 0 spiro atoms. The third-order valence-electron chi connectivity index (χ3n) is 1.55. The molecule has 1 atom stereocenters. The Bertz CT molecular complexity index is 423. The molecule has 0 fully saturated rings. The van der Waals surface area contributed by atoms with Crippen molar-refractivity contribution in [3.63, 3.8) is 0 Å². The lowest BCUT2D eigenvalue weighted by atomic mass is 10.2. The summed E-state index contributed by atoms with van der Waals surface area (Å²) in [6.45, 7) is 5.13. The van der Waals surface area contributed by atoms with Gasteiger partial charge in [-0.05, 0) is 6.92 Å². The molecule has 0 aliphatic heterocycles. The van der Waals surface area contributed by atoms with E-state index in [-0.39, 0.29) is 5.91 Å². The fraction of sp³-hybridized carbons (Fsp3) is 0.333. The van der Waals surface area contributed by atoms with Crippen LogP contribution in [0.4, 0.5) is 5.13 Å². The molecule has 0 aromatic carbocycles. The lowest BCUT2D eigenvalue weighted by molar-refractivity contribution is -0.117. The Morgan fingerprint density at radius 2 is 2.56 bits per heavy atom. The molecule has 1 heterocycles. The van der Waals surface area contributed by atoms with Gasteiger partial charge >= 0.3 is 0 Å². The molecule has 1 aromatic heterocycles. The average Bonchev–Trinajstić information content (AvgIpc) is 2.72. The summed E-state index contributed by atoms with van der Waals surface area (Å²) in [4.78, 5) is 11.3. The minimum atomic E-state index is -0.687. The summed E-state index contributed by atoms with van der Waals surface area (Å²) in [5.41, 5.74) is 0. The molecule has 0 aliphatic carbocycles. The number of amides is 1. The second-order valence-corrected chi connectivity index (χ2v) is 5.06. The Kier molecular flexibility index (Phi) is 4.95. The van der Waals surface area contributed by atoms with E-state index in [2.05, 4.69) is 22.1 Å².